The number of carbonyl (C=O) groups is 2. The van der Waals surface area contributed by atoms with Gasteiger partial charge in [-0.05, 0) is 36.2 Å². The van der Waals surface area contributed by atoms with Gasteiger partial charge in [0.1, 0.15) is 11.9 Å². The van der Waals surface area contributed by atoms with Crippen LogP contribution in [-0.2, 0) is 4.79 Å². The molecule has 0 aromatic heterocycles. The van der Waals surface area contributed by atoms with Gasteiger partial charge in [-0.15, -0.1) is 0 Å². The molecule has 24 heavy (non-hydrogen) atoms. The van der Waals surface area contributed by atoms with E-state index < -0.39 is 23.9 Å². The maximum absolute atomic E-state index is 13.5. The number of anilines is 1. The van der Waals surface area contributed by atoms with Crippen LogP contribution in [0.3, 0.4) is 0 Å². The van der Waals surface area contributed by atoms with Gasteiger partial charge in [-0.1, -0.05) is 29.8 Å². The number of nitrogens with zero attached hydrogens (tertiary/aromatic N) is 1. The number of rotatable bonds is 3. The van der Waals surface area contributed by atoms with Gasteiger partial charge in [0.15, 0.2) is 0 Å². The number of nitrogens with one attached hydrogen (secondary N) is 1. The second-order valence-corrected chi connectivity index (χ2v) is 5.90. The van der Waals surface area contributed by atoms with E-state index in [0.717, 1.165) is 0 Å². The van der Waals surface area contributed by atoms with E-state index in [0.29, 0.717) is 34.8 Å². The van der Waals surface area contributed by atoms with Crippen LogP contribution < -0.4 is 5.32 Å². The van der Waals surface area contributed by atoms with Crippen LogP contribution in [0, 0.1) is 5.82 Å². The van der Waals surface area contributed by atoms with E-state index >= 15 is 0 Å². The molecule has 1 unspecified atom stereocenters. The van der Waals surface area contributed by atoms with Gasteiger partial charge < -0.3 is 15.3 Å². The maximum Gasteiger partial charge on any atom is 0.326 e. The van der Waals surface area contributed by atoms with Crippen LogP contribution >= 0.6 is 11.6 Å². The highest BCUT2D eigenvalue weighted by molar-refractivity contribution is 6.31. The molecule has 0 saturated carbocycles. The van der Waals surface area contributed by atoms with Crippen LogP contribution in [0.2, 0.25) is 5.02 Å². The highest BCUT2D eigenvalue weighted by atomic mass is 35.5. The molecule has 0 bridgehead atoms. The fraction of sp³-hybridized carbons (Fsp3) is 0.176. The first-order valence-electron chi connectivity index (χ1n) is 7.31. The lowest BCUT2D eigenvalue weighted by atomic mass is 10.0. The van der Waals surface area contributed by atoms with Crippen molar-refractivity contribution in [2.45, 2.75) is 12.5 Å². The monoisotopic (exact) mass is 348 g/mol. The summed E-state index contributed by atoms with van der Waals surface area (Å²) in [6.45, 7) is 0.374. The number of amides is 2. The highest BCUT2D eigenvalue weighted by Gasteiger charge is 2.37. The van der Waals surface area contributed by atoms with Crippen LogP contribution in [0.4, 0.5) is 14.9 Å². The van der Waals surface area contributed by atoms with E-state index in [9.17, 15) is 14.0 Å². The van der Waals surface area contributed by atoms with Crippen molar-refractivity contribution in [3.8, 4) is 11.1 Å². The molecular formula is C17H14ClFN2O3. The molecular weight excluding hydrogens is 335 g/mol. The summed E-state index contributed by atoms with van der Waals surface area (Å²) in [5.41, 5.74) is 1.58. The Morgan fingerprint density at radius 3 is 2.67 bits per heavy atom. The quantitative estimate of drug-likeness (QED) is 0.885. The van der Waals surface area contributed by atoms with E-state index in [1.807, 2.05) is 0 Å². The first-order chi connectivity index (χ1) is 11.5. The van der Waals surface area contributed by atoms with Crippen molar-refractivity contribution in [3.63, 3.8) is 0 Å². The number of carbonyl (C=O) groups excluding carboxylic acids is 1. The Balaban J connectivity index is 1.89. The van der Waals surface area contributed by atoms with E-state index in [2.05, 4.69) is 5.32 Å². The number of hydrogen-bond acceptors (Lipinski definition) is 2. The molecule has 2 amide bonds. The summed E-state index contributed by atoms with van der Waals surface area (Å²) in [5, 5.41) is 12.1. The third-order valence-electron chi connectivity index (χ3n) is 3.92. The van der Waals surface area contributed by atoms with Crippen LogP contribution in [-0.4, -0.2) is 34.6 Å². The van der Waals surface area contributed by atoms with Crippen LogP contribution in [0.25, 0.3) is 11.1 Å². The molecule has 0 aliphatic carbocycles. The second-order valence-electron chi connectivity index (χ2n) is 5.47. The highest BCUT2D eigenvalue weighted by Crippen LogP contribution is 2.32. The van der Waals surface area contributed by atoms with Gasteiger partial charge in [0.25, 0.3) is 0 Å². The van der Waals surface area contributed by atoms with Gasteiger partial charge in [0, 0.05) is 17.1 Å². The summed E-state index contributed by atoms with van der Waals surface area (Å²) < 4.78 is 13.5. The minimum Gasteiger partial charge on any atom is -0.480 e. The molecule has 7 heteroatoms. The zero-order valence-electron chi connectivity index (χ0n) is 12.5. The molecule has 1 aliphatic heterocycles. The molecule has 5 nitrogen and oxygen atoms in total. The minimum absolute atomic E-state index is 0.374. The van der Waals surface area contributed by atoms with Crippen LogP contribution in [0.5, 0.6) is 0 Å². The molecule has 124 valence electrons. The molecule has 2 aromatic carbocycles. The van der Waals surface area contributed by atoms with Gasteiger partial charge in [-0.3, -0.25) is 0 Å². The topological polar surface area (TPSA) is 69.6 Å². The summed E-state index contributed by atoms with van der Waals surface area (Å²) >= 11 is 5.99. The lowest BCUT2D eigenvalue weighted by Crippen LogP contribution is -2.56. The van der Waals surface area contributed by atoms with Crippen molar-refractivity contribution in [1.29, 1.82) is 0 Å². The smallest absolute Gasteiger partial charge is 0.326 e. The first-order valence-corrected chi connectivity index (χ1v) is 7.69. The molecule has 0 spiro atoms. The van der Waals surface area contributed by atoms with E-state index in [-0.39, 0.29) is 0 Å². The number of carboxylic acid groups (broad SMARTS) is 1. The van der Waals surface area contributed by atoms with Crippen molar-refractivity contribution < 1.29 is 19.1 Å². The van der Waals surface area contributed by atoms with Gasteiger partial charge >= 0.3 is 12.0 Å². The molecule has 2 aromatic rings. The Kier molecular flexibility index (Phi) is 4.40. The molecule has 1 saturated heterocycles. The van der Waals surface area contributed by atoms with Crippen molar-refractivity contribution in [3.05, 3.63) is 53.3 Å². The van der Waals surface area contributed by atoms with Crippen LogP contribution in [0.1, 0.15) is 6.42 Å². The summed E-state index contributed by atoms with van der Waals surface area (Å²) in [7, 11) is 0. The average Bonchev–Trinajstić information content (AvgIpc) is 2.45. The Labute approximate surface area is 142 Å². The lowest BCUT2D eigenvalue weighted by molar-refractivity contribution is -0.145. The normalized spacial score (nSPS) is 16.4. The van der Waals surface area contributed by atoms with Crippen molar-refractivity contribution in [2.75, 3.05) is 11.9 Å². The fourth-order valence-electron chi connectivity index (χ4n) is 2.60. The molecule has 1 heterocycles. The number of hydrogen-bond donors (Lipinski definition) is 2. The Morgan fingerprint density at radius 2 is 2.04 bits per heavy atom. The van der Waals surface area contributed by atoms with Gasteiger partial charge in [0.05, 0.1) is 5.69 Å². The zero-order valence-corrected chi connectivity index (χ0v) is 13.3. The largest absolute Gasteiger partial charge is 0.480 e. The van der Waals surface area contributed by atoms with Crippen LogP contribution in [0.15, 0.2) is 42.5 Å². The first kappa shape index (κ1) is 16.3. The van der Waals surface area contributed by atoms with Gasteiger partial charge in [-0.25, -0.2) is 14.0 Å². The van der Waals surface area contributed by atoms with Crippen molar-refractivity contribution in [1.82, 2.24) is 4.90 Å². The molecule has 1 fully saturated rings. The van der Waals surface area contributed by atoms with E-state index in [1.165, 1.54) is 17.0 Å². The third-order valence-corrected chi connectivity index (χ3v) is 4.16. The molecule has 0 radical (unpaired) electrons. The molecule has 1 atom stereocenters. The number of likely N-dealkylation sites (tertiary alicyclic amines) is 1. The van der Waals surface area contributed by atoms with Crippen molar-refractivity contribution >= 4 is 29.3 Å². The number of urea groups is 1. The van der Waals surface area contributed by atoms with Crippen molar-refractivity contribution in [2.24, 2.45) is 0 Å². The number of carboxylic acids is 1. The molecule has 1 aliphatic rings. The number of halogens is 2. The average molecular weight is 349 g/mol. The standard InChI is InChI=1S/C17H14ClFN2O3/c18-11-4-5-13(10-2-1-3-12(19)8-10)14(9-11)20-17(24)21-7-6-15(21)16(22)23/h1-5,8-9,15H,6-7H2,(H,20,24)(H,22,23). The predicted octanol–water partition coefficient (Wildman–Crippen LogP) is 3.84. The summed E-state index contributed by atoms with van der Waals surface area (Å²) in [6, 6.07) is 9.49. The van der Waals surface area contributed by atoms with E-state index in [1.54, 1.807) is 30.3 Å². The Morgan fingerprint density at radius 1 is 1.25 bits per heavy atom. The third kappa shape index (κ3) is 3.19. The fourth-order valence-corrected chi connectivity index (χ4v) is 2.77. The maximum atomic E-state index is 13.5. The Hall–Kier alpha value is -2.60. The SMILES string of the molecule is O=C(O)C1CCN1C(=O)Nc1cc(Cl)ccc1-c1cccc(F)c1. The minimum atomic E-state index is -1.03. The van der Waals surface area contributed by atoms with Gasteiger partial charge in [0.2, 0.25) is 0 Å². The van der Waals surface area contributed by atoms with Gasteiger partial charge in [-0.2, -0.15) is 0 Å². The number of benzene rings is 2. The lowest BCUT2D eigenvalue weighted by Gasteiger charge is -2.37. The summed E-state index contributed by atoms with van der Waals surface area (Å²) in [4.78, 5) is 24.6. The number of aliphatic carboxylic acids is 1. The zero-order chi connectivity index (χ0) is 17.3. The molecule has 2 N–H and O–H groups in total. The molecule has 3 rings (SSSR count). The summed E-state index contributed by atoms with van der Waals surface area (Å²) in [5.74, 6) is -1.43. The van der Waals surface area contributed by atoms with E-state index in [4.69, 9.17) is 16.7 Å². The summed E-state index contributed by atoms with van der Waals surface area (Å²) in [6.07, 6.45) is 0.426. The second kappa shape index (κ2) is 6.49. The predicted molar refractivity (Wildman–Crippen MR) is 88.6 cm³/mol. The Bertz CT molecular complexity index is 812.